The second-order valence-electron chi connectivity index (χ2n) is 2.96. The van der Waals surface area contributed by atoms with Crippen LogP contribution in [-0.4, -0.2) is 17.0 Å². The standard InChI is InChI=1S/C6H8O2.C4H6O2/c1-2-8-6(7)5-3-4-5;1-3(2)4(5)6/h2,5H,1,3-4H2;1H2,2H3,(H,5,6). The van der Waals surface area contributed by atoms with Crippen molar-refractivity contribution < 1.29 is 19.4 Å². The van der Waals surface area contributed by atoms with Crippen molar-refractivity contribution in [3.63, 3.8) is 0 Å². The van der Waals surface area contributed by atoms with E-state index in [4.69, 9.17) is 5.11 Å². The first-order valence-corrected chi connectivity index (χ1v) is 4.19. The molecule has 0 unspecified atom stereocenters. The van der Waals surface area contributed by atoms with Gasteiger partial charge in [-0.15, -0.1) is 0 Å². The Morgan fingerprint density at radius 1 is 1.50 bits per heavy atom. The minimum absolute atomic E-state index is 0.125. The molecule has 0 bridgehead atoms. The maximum absolute atomic E-state index is 10.5. The zero-order valence-electron chi connectivity index (χ0n) is 8.16. The van der Waals surface area contributed by atoms with E-state index in [0.29, 0.717) is 0 Å². The Morgan fingerprint density at radius 2 is 1.93 bits per heavy atom. The van der Waals surface area contributed by atoms with E-state index in [-0.39, 0.29) is 17.5 Å². The molecule has 0 radical (unpaired) electrons. The van der Waals surface area contributed by atoms with Gasteiger partial charge in [0.05, 0.1) is 12.2 Å². The summed E-state index contributed by atoms with van der Waals surface area (Å²) in [5.74, 6) is -0.872. The Morgan fingerprint density at radius 3 is 2.14 bits per heavy atom. The van der Waals surface area contributed by atoms with E-state index < -0.39 is 5.97 Å². The minimum atomic E-state index is -0.935. The van der Waals surface area contributed by atoms with Gasteiger partial charge in [0.2, 0.25) is 0 Å². The zero-order chi connectivity index (χ0) is 11.1. The summed E-state index contributed by atoms with van der Waals surface area (Å²) in [6, 6.07) is 0. The number of carboxylic acid groups (broad SMARTS) is 1. The van der Waals surface area contributed by atoms with Crippen LogP contribution in [0.1, 0.15) is 19.8 Å². The van der Waals surface area contributed by atoms with Crippen LogP contribution < -0.4 is 0 Å². The van der Waals surface area contributed by atoms with E-state index in [1.54, 1.807) is 0 Å². The number of hydrogen-bond donors (Lipinski definition) is 1. The predicted octanol–water partition coefficient (Wildman–Crippen LogP) is 1.73. The van der Waals surface area contributed by atoms with Gasteiger partial charge in [0.25, 0.3) is 0 Å². The van der Waals surface area contributed by atoms with Crippen LogP contribution in [0.5, 0.6) is 0 Å². The smallest absolute Gasteiger partial charge is 0.330 e. The zero-order valence-corrected chi connectivity index (χ0v) is 8.16. The molecule has 0 aromatic carbocycles. The second kappa shape index (κ2) is 5.96. The molecule has 0 spiro atoms. The number of hydrogen-bond acceptors (Lipinski definition) is 3. The van der Waals surface area contributed by atoms with E-state index in [1.165, 1.54) is 13.2 Å². The molecule has 0 amide bonds. The van der Waals surface area contributed by atoms with Gasteiger partial charge in [-0.2, -0.15) is 0 Å². The predicted molar refractivity (Wildman–Crippen MR) is 51.5 cm³/mol. The van der Waals surface area contributed by atoms with Crippen molar-refractivity contribution in [2.45, 2.75) is 19.8 Å². The Labute approximate surface area is 82.9 Å². The highest BCUT2D eigenvalue weighted by Crippen LogP contribution is 2.29. The first kappa shape index (κ1) is 12.4. The molecule has 4 nitrogen and oxygen atoms in total. The van der Waals surface area contributed by atoms with Gasteiger partial charge in [0.15, 0.2) is 0 Å². The van der Waals surface area contributed by atoms with Crippen molar-refractivity contribution in [1.29, 1.82) is 0 Å². The van der Waals surface area contributed by atoms with Crippen molar-refractivity contribution in [2.75, 3.05) is 0 Å². The fraction of sp³-hybridized carbons (Fsp3) is 0.400. The van der Waals surface area contributed by atoms with E-state index in [2.05, 4.69) is 17.9 Å². The maximum Gasteiger partial charge on any atom is 0.330 e. The van der Waals surface area contributed by atoms with Crippen LogP contribution in [0.25, 0.3) is 0 Å². The lowest BCUT2D eigenvalue weighted by Crippen LogP contribution is -2.00. The SMILES string of the molecule is C=C(C)C(=O)O.C=COC(=O)C1CC1. The van der Waals surface area contributed by atoms with Gasteiger partial charge in [-0.3, -0.25) is 4.79 Å². The molecular weight excluding hydrogens is 184 g/mol. The van der Waals surface area contributed by atoms with Crippen molar-refractivity contribution in [2.24, 2.45) is 5.92 Å². The highest BCUT2D eigenvalue weighted by Gasteiger charge is 2.30. The van der Waals surface area contributed by atoms with Gasteiger partial charge < -0.3 is 9.84 Å². The largest absolute Gasteiger partial charge is 0.478 e. The molecule has 0 aliphatic heterocycles. The normalized spacial score (nSPS) is 13.2. The summed E-state index contributed by atoms with van der Waals surface area (Å²) < 4.78 is 4.49. The van der Waals surface area contributed by atoms with Crippen molar-refractivity contribution in [1.82, 2.24) is 0 Å². The fourth-order valence-electron chi connectivity index (χ4n) is 0.497. The van der Waals surface area contributed by atoms with Crippen LogP contribution in [0.3, 0.4) is 0 Å². The van der Waals surface area contributed by atoms with Crippen LogP contribution in [0, 0.1) is 5.92 Å². The Hall–Kier alpha value is -1.58. The molecule has 1 aliphatic rings. The molecule has 1 fully saturated rings. The molecule has 1 saturated carbocycles. The quantitative estimate of drug-likeness (QED) is 0.426. The average Bonchev–Trinajstić information content (AvgIpc) is 2.87. The van der Waals surface area contributed by atoms with Crippen molar-refractivity contribution in [3.05, 3.63) is 25.0 Å². The van der Waals surface area contributed by atoms with Crippen LogP contribution in [-0.2, 0) is 14.3 Å². The summed E-state index contributed by atoms with van der Waals surface area (Å²) in [5.41, 5.74) is 0.176. The average molecular weight is 198 g/mol. The number of esters is 1. The summed E-state index contributed by atoms with van der Waals surface area (Å²) in [7, 11) is 0. The van der Waals surface area contributed by atoms with Crippen LogP contribution >= 0.6 is 0 Å². The Bertz CT molecular complexity index is 239. The summed E-state index contributed by atoms with van der Waals surface area (Å²) in [6.07, 6.45) is 3.17. The number of carboxylic acids is 1. The molecule has 14 heavy (non-hydrogen) atoms. The third-order valence-corrected chi connectivity index (χ3v) is 1.48. The van der Waals surface area contributed by atoms with Gasteiger partial charge >= 0.3 is 11.9 Å². The third-order valence-electron chi connectivity index (χ3n) is 1.48. The maximum atomic E-state index is 10.5. The van der Waals surface area contributed by atoms with Crippen molar-refractivity contribution in [3.8, 4) is 0 Å². The molecular formula is C10H14O4. The number of ether oxygens (including phenoxy) is 1. The molecule has 0 atom stereocenters. The first-order valence-electron chi connectivity index (χ1n) is 4.19. The van der Waals surface area contributed by atoms with E-state index in [0.717, 1.165) is 12.8 Å². The van der Waals surface area contributed by atoms with Crippen LogP contribution in [0.15, 0.2) is 25.0 Å². The molecule has 1 rings (SSSR count). The first-order chi connectivity index (χ1) is 6.49. The van der Waals surface area contributed by atoms with E-state index >= 15 is 0 Å². The highest BCUT2D eigenvalue weighted by molar-refractivity contribution is 5.84. The van der Waals surface area contributed by atoms with E-state index in [9.17, 15) is 9.59 Å². The molecule has 1 aliphatic carbocycles. The highest BCUT2D eigenvalue weighted by atomic mass is 16.5. The van der Waals surface area contributed by atoms with E-state index in [1.807, 2.05) is 0 Å². The molecule has 4 heteroatoms. The van der Waals surface area contributed by atoms with Gasteiger partial charge in [-0.1, -0.05) is 13.2 Å². The molecule has 1 N–H and O–H groups in total. The topological polar surface area (TPSA) is 63.6 Å². The van der Waals surface area contributed by atoms with Gasteiger partial charge in [-0.25, -0.2) is 4.79 Å². The lowest BCUT2D eigenvalue weighted by Gasteiger charge is -1.90. The summed E-state index contributed by atoms with van der Waals surface area (Å²) in [6.45, 7) is 7.87. The second-order valence-corrected chi connectivity index (χ2v) is 2.96. The minimum Gasteiger partial charge on any atom is -0.478 e. The summed E-state index contributed by atoms with van der Waals surface area (Å²) in [4.78, 5) is 20.1. The molecule has 0 aromatic rings. The van der Waals surface area contributed by atoms with Crippen molar-refractivity contribution >= 4 is 11.9 Å². The summed E-state index contributed by atoms with van der Waals surface area (Å²) in [5, 5.41) is 7.89. The fourth-order valence-corrected chi connectivity index (χ4v) is 0.497. The molecule has 0 saturated heterocycles. The summed E-state index contributed by atoms with van der Waals surface area (Å²) >= 11 is 0. The lowest BCUT2D eigenvalue weighted by molar-refractivity contribution is -0.139. The third kappa shape index (κ3) is 5.99. The van der Waals surface area contributed by atoms with Gasteiger partial charge in [0.1, 0.15) is 0 Å². The Kier molecular flexibility index (Phi) is 5.29. The Balaban J connectivity index is 0.000000255. The number of carbonyl (C=O) groups is 2. The molecule has 0 aromatic heterocycles. The number of carbonyl (C=O) groups excluding carboxylic acids is 1. The lowest BCUT2D eigenvalue weighted by atomic mass is 10.4. The monoisotopic (exact) mass is 198 g/mol. The molecule has 78 valence electrons. The van der Waals surface area contributed by atoms with Gasteiger partial charge in [0, 0.05) is 5.57 Å². The number of aliphatic carboxylic acids is 1. The van der Waals surface area contributed by atoms with Crippen LogP contribution in [0.2, 0.25) is 0 Å². The van der Waals surface area contributed by atoms with Gasteiger partial charge in [-0.05, 0) is 19.8 Å². The van der Waals surface area contributed by atoms with Crippen LogP contribution in [0.4, 0.5) is 0 Å². The molecule has 0 heterocycles. The number of rotatable bonds is 3.